The number of nitrogens with one attached hydrogen (secondary N) is 1. The Bertz CT molecular complexity index is 701. The van der Waals surface area contributed by atoms with Gasteiger partial charge in [-0.15, -0.1) is 0 Å². The van der Waals surface area contributed by atoms with Gasteiger partial charge >= 0.3 is 6.18 Å². The van der Waals surface area contributed by atoms with Gasteiger partial charge in [0.25, 0.3) is 5.91 Å². The third kappa shape index (κ3) is 3.71. The summed E-state index contributed by atoms with van der Waals surface area (Å²) in [5.74, 6) is -0.166. The number of anilines is 1. The summed E-state index contributed by atoms with van der Waals surface area (Å²) >= 11 is 5.91. The van der Waals surface area contributed by atoms with Gasteiger partial charge in [0, 0.05) is 11.3 Å². The first-order chi connectivity index (χ1) is 10.3. The van der Waals surface area contributed by atoms with E-state index in [4.69, 9.17) is 16.3 Å². The van der Waals surface area contributed by atoms with E-state index in [1.54, 1.807) is 0 Å². The molecule has 0 aliphatic carbocycles. The van der Waals surface area contributed by atoms with E-state index in [-0.39, 0.29) is 16.3 Å². The molecule has 0 aliphatic heterocycles. The molecule has 2 aromatic rings. The Morgan fingerprint density at radius 1 is 1.18 bits per heavy atom. The molecule has 1 amide bonds. The van der Waals surface area contributed by atoms with Crippen LogP contribution in [0.5, 0.6) is 5.75 Å². The van der Waals surface area contributed by atoms with Crippen molar-refractivity contribution in [3.8, 4) is 5.75 Å². The topological polar surface area (TPSA) is 38.3 Å². The highest BCUT2D eigenvalue weighted by atomic mass is 35.5. The highest BCUT2D eigenvalue weighted by Gasteiger charge is 2.30. The smallest absolute Gasteiger partial charge is 0.416 e. The normalized spacial score (nSPS) is 11.1. The Morgan fingerprint density at radius 3 is 2.50 bits per heavy atom. The third-order valence-corrected chi connectivity index (χ3v) is 3.16. The fourth-order valence-corrected chi connectivity index (χ4v) is 2.04. The zero-order valence-corrected chi connectivity index (χ0v) is 12.1. The third-order valence-electron chi connectivity index (χ3n) is 2.86. The summed E-state index contributed by atoms with van der Waals surface area (Å²) in [7, 11) is 1.43. The Labute approximate surface area is 129 Å². The van der Waals surface area contributed by atoms with Gasteiger partial charge in [-0.2, -0.15) is 13.2 Å². The quantitative estimate of drug-likeness (QED) is 0.892. The molecule has 0 aromatic heterocycles. The van der Waals surface area contributed by atoms with Crippen LogP contribution in [-0.2, 0) is 6.18 Å². The predicted octanol–water partition coefficient (Wildman–Crippen LogP) is 4.62. The average molecular weight is 330 g/mol. The van der Waals surface area contributed by atoms with E-state index in [1.807, 2.05) is 0 Å². The summed E-state index contributed by atoms with van der Waals surface area (Å²) in [6.45, 7) is 0. The molecule has 0 spiro atoms. The number of rotatable bonds is 3. The molecule has 22 heavy (non-hydrogen) atoms. The minimum absolute atomic E-state index is 0.0479. The van der Waals surface area contributed by atoms with Crippen molar-refractivity contribution in [3.05, 3.63) is 58.6 Å². The number of benzene rings is 2. The molecule has 0 aliphatic rings. The minimum atomic E-state index is -4.47. The zero-order valence-electron chi connectivity index (χ0n) is 11.4. The molecule has 1 N–H and O–H groups in total. The highest BCUT2D eigenvalue weighted by molar-refractivity contribution is 6.32. The Balaban J connectivity index is 2.20. The summed E-state index contributed by atoms with van der Waals surface area (Å²) < 4.78 is 42.8. The van der Waals surface area contributed by atoms with Gasteiger partial charge < -0.3 is 10.1 Å². The van der Waals surface area contributed by atoms with Crippen LogP contribution in [0, 0.1) is 0 Å². The van der Waals surface area contributed by atoms with Crippen LogP contribution in [0.15, 0.2) is 42.5 Å². The Hall–Kier alpha value is -2.21. The first-order valence-electron chi connectivity index (χ1n) is 6.13. The van der Waals surface area contributed by atoms with Crippen LogP contribution in [-0.4, -0.2) is 13.0 Å². The molecule has 0 heterocycles. The summed E-state index contributed by atoms with van der Waals surface area (Å²) in [6, 6.07) is 8.74. The van der Waals surface area contributed by atoms with E-state index in [0.29, 0.717) is 5.75 Å². The number of hydrogen-bond acceptors (Lipinski definition) is 2. The number of ether oxygens (including phenoxy) is 1. The second-order valence-electron chi connectivity index (χ2n) is 4.38. The van der Waals surface area contributed by atoms with Crippen molar-refractivity contribution in [3.63, 3.8) is 0 Å². The van der Waals surface area contributed by atoms with Crippen molar-refractivity contribution in [2.45, 2.75) is 6.18 Å². The van der Waals surface area contributed by atoms with Crippen LogP contribution in [0.3, 0.4) is 0 Å². The molecule has 2 rings (SSSR count). The molecule has 0 atom stereocenters. The van der Waals surface area contributed by atoms with Crippen molar-refractivity contribution in [1.29, 1.82) is 0 Å². The number of carbonyl (C=O) groups excluding carboxylic acids is 1. The summed E-state index contributed by atoms with van der Waals surface area (Å²) in [5.41, 5.74) is -0.576. The first-order valence-corrected chi connectivity index (χ1v) is 6.51. The van der Waals surface area contributed by atoms with Crippen LogP contribution in [0.25, 0.3) is 0 Å². The molecule has 116 valence electrons. The number of halogens is 4. The van der Waals surface area contributed by atoms with Crippen LogP contribution in [0.4, 0.5) is 18.9 Å². The highest BCUT2D eigenvalue weighted by Crippen LogP contribution is 2.31. The van der Waals surface area contributed by atoms with Gasteiger partial charge in [-0.05, 0) is 36.4 Å². The van der Waals surface area contributed by atoms with E-state index < -0.39 is 17.6 Å². The number of hydrogen-bond donors (Lipinski definition) is 1. The lowest BCUT2D eigenvalue weighted by Gasteiger charge is -2.10. The van der Waals surface area contributed by atoms with Crippen LogP contribution < -0.4 is 10.1 Å². The van der Waals surface area contributed by atoms with Crippen LogP contribution >= 0.6 is 11.6 Å². The maximum Gasteiger partial charge on any atom is 0.416 e. The molecule has 0 fully saturated rings. The molecule has 0 saturated heterocycles. The molecular weight excluding hydrogens is 319 g/mol. The Morgan fingerprint density at radius 2 is 1.91 bits per heavy atom. The van der Waals surface area contributed by atoms with Crippen molar-refractivity contribution in [2.75, 3.05) is 12.4 Å². The minimum Gasteiger partial charge on any atom is -0.495 e. The maximum absolute atomic E-state index is 12.6. The fourth-order valence-electron chi connectivity index (χ4n) is 1.78. The molecular formula is C15H11ClF3NO2. The molecule has 0 unspecified atom stereocenters. The lowest BCUT2D eigenvalue weighted by molar-refractivity contribution is -0.137. The second kappa shape index (κ2) is 6.27. The zero-order chi connectivity index (χ0) is 16.3. The van der Waals surface area contributed by atoms with E-state index in [9.17, 15) is 18.0 Å². The number of carbonyl (C=O) groups is 1. The molecule has 0 bridgehead atoms. The lowest BCUT2D eigenvalue weighted by atomic mass is 10.1. The van der Waals surface area contributed by atoms with Crippen LogP contribution in [0.2, 0.25) is 5.02 Å². The monoisotopic (exact) mass is 329 g/mol. The number of amides is 1. The second-order valence-corrected chi connectivity index (χ2v) is 4.79. The van der Waals surface area contributed by atoms with E-state index in [1.165, 1.54) is 37.4 Å². The fraction of sp³-hybridized carbons (Fsp3) is 0.133. The van der Waals surface area contributed by atoms with E-state index >= 15 is 0 Å². The van der Waals surface area contributed by atoms with Gasteiger partial charge in [0.15, 0.2) is 0 Å². The molecule has 0 saturated carbocycles. The van der Waals surface area contributed by atoms with E-state index in [2.05, 4.69) is 5.32 Å². The van der Waals surface area contributed by atoms with Gasteiger partial charge in [-0.25, -0.2) is 0 Å². The average Bonchev–Trinajstić information content (AvgIpc) is 2.46. The molecule has 7 heteroatoms. The van der Waals surface area contributed by atoms with Crippen molar-refractivity contribution >= 4 is 23.2 Å². The number of alkyl halides is 3. The molecule has 2 aromatic carbocycles. The van der Waals surface area contributed by atoms with E-state index in [0.717, 1.165) is 12.1 Å². The van der Waals surface area contributed by atoms with Gasteiger partial charge in [-0.3, -0.25) is 4.79 Å². The summed E-state index contributed by atoms with van der Waals surface area (Å²) in [5, 5.41) is 2.63. The maximum atomic E-state index is 12.6. The lowest BCUT2D eigenvalue weighted by Crippen LogP contribution is -2.13. The Kier molecular flexibility index (Phi) is 4.61. The van der Waals surface area contributed by atoms with Crippen molar-refractivity contribution < 1.29 is 22.7 Å². The van der Waals surface area contributed by atoms with Crippen LogP contribution in [0.1, 0.15) is 15.9 Å². The standard InChI is InChI=1S/C15H11ClF3NO2/c1-22-13-6-5-9(7-12(13)16)14(21)20-11-4-2-3-10(8-11)15(17,18)19/h2-8H,1H3,(H,20,21). The molecule has 3 nitrogen and oxygen atoms in total. The SMILES string of the molecule is COc1ccc(C(=O)Nc2cccc(C(F)(F)F)c2)cc1Cl. The largest absolute Gasteiger partial charge is 0.495 e. The number of methoxy groups -OCH3 is 1. The van der Waals surface area contributed by atoms with Gasteiger partial charge in [0.2, 0.25) is 0 Å². The van der Waals surface area contributed by atoms with Crippen molar-refractivity contribution in [2.24, 2.45) is 0 Å². The molecule has 0 radical (unpaired) electrons. The predicted molar refractivity (Wildman–Crippen MR) is 77.4 cm³/mol. The summed E-state index contributed by atoms with van der Waals surface area (Å²) in [4.78, 5) is 12.0. The first kappa shape index (κ1) is 16.2. The van der Waals surface area contributed by atoms with Gasteiger partial charge in [0.1, 0.15) is 5.75 Å². The van der Waals surface area contributed by atoms with Crippen molar-refractivity contribution in [1.82, 2.24) is 0 Å². The van der Waals surface area contributed by atoms with Gasteiger partial charge in [-0.1, -0.05) is 17.7 Å². The summed E-state index contributed by atoms with van der Waals surface area (Å²) in [6.07, 6.45) is -4.47. The van der Waals surface area contributed by atoms with Gasteiger partial charge in [0.05, 0.1) is 17.7 Å².